The average molecular weight is 537 g/mol. The highest BCUT2D eigenvalue weighted by Gasteiger charge is 2.56. The first-order chi connectivity index (χ1) is 14.9. The third-order valence-electron chi connectivity index (χ3n) is 4.41. The van der Waals surface area contributed by atoms with E-state index in [1.165, 1.54) is 12.3 Å². The van der Waals surface area contributed by atoms with Crippen LogP contribution in [0.25, 0.3) is 11.0 Å². The minimum absolute atomic E-state index is 0.000402. The zero-order valence-electron chi connectivity index (χ0n) is 16.4. The van der Waals surface area contributed by atoms with Crippen molar-refractivity contribution in [1.29, 1.82) is 0 Å². The number of nitrogen functional groups attached to an aromatic ring is 2. The van der Waals surface area contributed by atoms with Crippen LogP contribution in [0.15, 0.2) is 12.3 Å². The summed E-state index contributed by atoms with van der Waals surface area (Å²) < 4.78 is 67.4. The molecule has 0 aromatic carbocycles. The summed E-state index contributed by atoms with van der Waals surface area (Å²) in [4.78, 5) is 43.5. The van der Waals surface area contributed by atoms with Gasteiger partial charge in [-0.15, -0.1) is 0 Å². The van der Waals surface area contributed by atoms with Crippen LogP contribution in [0.2, 0.25) is 0 Å². The summed E-state index contributed by atoms with van der Waals surface area (Å²) in [5.74, 6) is -0.220. The Bertz CT molecular complexity index is 1200. The molecule has 0 radical (unpaired) electrons. The van der Waals surface area contributed by atoms with E-state index < -0.39 is 54.2 Å². The van der Waals surface area contributed by atoms with E-state index in [1.54, 1.807) is 0 Å². The molecule has 3 heterocycles. The van der Waals surface area contributed by atoms with Gasteiger partial charge in [0.1, 0.15) is 23.7 Å². The van der Waals surface area contributed by atoms with Crippen LogP contribution in [0, 0.1) is 0 Å². The fraction of sp³-hybridized carbons (Fsp3) is 0.500. The predicted molar refractivity (Wildman–Crippen MR) is 106 cm³/mol. The van der Waals surface area contributed by atoms with E-state index in [1.807, 2.05) is 0 Å². The number of phosphoric acid groups is 3. The lowest BCUT2D eigenvalue weighted by molar-refractivity contribution is -0.0557. The van der Waals surface area contributed by atoms with Gasteiger partial charge in [0.05, 0.1) is 12.0 Å². The van der Waals surface area contributed by atoms with Gasteiger partial charge in [0.2, 0.25) is 5.95 Å². The van der Waals surface area contributed by atoms with Gasteiger partial charge in [0.25, 0.3) is 0 Å². The molecule has 0 saturated carbocycles. The van der Waals surface area contributed by atoms with Crippen LogP contribution < -0.4 is 11.5 Å². The number of phosphoric ester groups is 1. The molecule has 2 aromatic rings. The number of alkyl halides is 1. The molecule has 9 N–H and O–H groups in total. The van der Waals surface area contributed by atoms with Crippen molar-refractivity contribution in [2.75, 3.05) is 18.1 Å². The second kappa shape index (κ2) is 8.61. The zero-order chi connectivity index (χ0) is 25.0. The number of ether oxygens (including phenoxy) is 1. The van der Waals surface area contributed by atoms with E-state index in [-0.39, 0.29) is 17.4 Å². The smallest absolute Gasteiger partial charge is 0.387 e. The maximum Gasteiger partial charge on any atom is 0.490 e. The summed E-state index contributed by atoms with van der Waals surface area (Å²) in [6, 6.07) is 1.44. The molecule has 21 heteroatoms. The standard InChI is InChI=1S/C12H19FN5O12P3/c1-12(13)7(19)6(4-27-32(23,24)30-33(25,26)29-31(20,21)22)28-10(12)18-3-2-5-8(14)16-11(15)17-9(5)18/h2-3,6-7,10,19H,4H2,1H3,(H,23,24)(H,25,26)(H2,20,21,22)(H4,14,15,16,17)/t6-,7-,10-,12-/m1/s1. The second-order valence-corrected chi connectivity index (χ2v) is 11.4. The van der Waals surface area contributed by atoms with E-state index in [9.17, 15) is 23.7 Å². The number of rotatable bonds is 8. The molecule has 1 aliphatic rings. The molecule has 2 aromatic heterocycles. The van der Waals surface area contributed by atoms with Gasteiger partial charge in [-0.05, 0) is 13.0 Å². The fourth-order valence-electron chi connectivity index (χ4n) is 3.08. The van der Waals surface area contributed by atoms with E-state index in [4.69, 9.17) is 30.9 Å². The third-order valence-corrected chi connectivity index (χ3v) is 8.21. The number of fused-ring (bicyclic) bond motifs is 1. The minimum atomic E-state index is -5.75. The summed E-state index contributed by atoms with van der Waals surface area (Å²) in [6.07, 6.45) is -3.81. The molecule has 3 rings (SSSR count). The van der Waals surface area contributed by atoms with Gasteiger partial charge in [0.15, 0.2) is 11.9 Å². The van der Waals surface area contributed by atoms with Crippen molar-refractivity contribution in [3.63, 3.8) is 0 Å². The summed E-state index contributed by atoms with van der Waals surface area (Å²) in [6.45, 7) is -0.0910. The van der Waals surface area contributed by atoms with Gasteiger partial charge >= 0.3 is 23.5 Å². The zero-order valence-corrected chi connectivity index (χ0v) is 19.1. The summed E-state index contributed by atoms with van der Waals surface area (Å²) >= 11 is 0. The maximum atomic E-state index is 15.4. The van der Waals surface area contributed by atoms with E-state index >= 15 is 4.39 Å². The van der Waals surface area contributed by atoms with Gasteiger partial charge in [-0.2, -0.15) is 18.6 Å². The predicted octanol–water partition coefficient (Wildman–Crippen LogP) is -0.0745. The van der Waals surface area contributed by atoms with Crippen molar-refractivity contribution < 1.29 is 60.6 Å². The molecule has 186 valence electrons. The van der Waals surface area contributed by atoms with Crippen LogP contribution in [0.3, 0.4) is 0 Å². The molecule has 2 unspecified atom stereocenters. The first-order valence-electron chi connectivity index (χ1n) is 8.62. The molecule has 0 amide bonds. The molecule has 1 saturated heterocycles. The van der Waals surface area contributed by atoms with Gasteiger partial charge in [0, 0.05) is 6.20 Å². The Balaban J connectivity index is 1.77. The number of hydrogen-bond acceptors (Lipinski definition) is 12. The molecule has 0 spiro atoms. The van der Waals surface area contributed by atoms with Gasteiger partial charge < -0.3 is 45.5 Å². The number of nitrogens with zero attached hydrogens (tertiary/aromatic N) is 3. The Labute approximate surface area is 183 Å². The Morgan fingerprint density at radius 1 is 1.18 bits per heavy atom. The fourth-order valence-corrected chi connectivity index (χ4v) is 6.11. The highest BCUT2D eigenvalue weighted by Crippen LogP contribution is 2.66. The molecule has 0 aliphatic carbocycles. The van der Waals surface area contributed by atoms with Gasteiger partial charge in [-0.25, -0.2) is 18.1 Å². The lowest BCUT2D eigenvalue weighted by atomic mass is 9.98. The summed E-state index contributed by atoms with van der Waals surface area (Å²) in [5, 5.41) is 10.6. The SMILES string of the molecule is C[C@@]1(F)[C@H](O)[C@@H](COP(=O)(O)OP(=O)(O)OP(=O)(O)O)O[C@H]1n1ccc2c(N)nc(N)nc21. The molecular formula is C12H19FN5O12P3. The Kier molecular flexibility index (Phi) is 6.80. The Hall–Kier alpha value is -1.52. The molecular weight excluding hydrogens is 518 g/mol. The maximum absolute atomic E-state index is 15.4. The molecule has 0 bridgehead atoms. The number of aromatic nitrogens is 3. The van der Waals surface area contributed by atoms with E-state index in [2.05, 4.69) is 23.1 Å². The van der Waals surface area contributed by atoms with Crippen LogP contribution in [-0.2, 0) is 31.6 Å². The van der Waals surface area contributed by atoms with Gasteiger partial charge in [-0.1, -0.05) is 0 Å². The molecule has 6 atom stereocenters. The molecule has 33 heavy (non-hydrogen) atoms. The number of aliphatic hydroxyl groups is 1. The largest absolute Gasteiger partial charge is 0.490 e. The molecule has 17 nitrogen and oxygen atoms in total. The minimum Gasteiger partial charge on any atom is -0.387 e. The van der Waals surface area contributed by atoms with Crippen LogP contribution in [-0.4, -0.2) is 63.7 Å². The average Bonchev–Trinajstić information content (AvgIpc) is 3.10. The Morgan fingerprint density at radius 2 is 1.82 bits per heavy atom. The number of aliphatic hydroxyl groups excluding tert-OH is 1. The first-order valence-corrected chi connectivity index (χ1v) is 13.1. The number of anilines is 2. The topological polar surface area (TPSA) is 272 Å². The molecule has 1 aliphatic heterocycles. The lowest BCUT2D eigenvalue weighted by Crippen LogP contribution is -2.40. The number of halogens is 1. The summed E-state index contributed by atoms with van der Waals surface area (Å²) in [7, 11) is -16.8. The monoisotopic (exact) mass is 537 g/mol. The normalized spacial score (nSPS) is 29.7. The van der Waals surface area contributed by atoms with Crippen molar-refractivity contribution in [3.05, 3.63) is 12.3 Å². The van der Waals surface area contributed by atoms with Crippen LogP contribution >= 0.6 is 23.5 Å². The van der Waals surface area contributed by atoms with Crippen molar-refractivity contribution in [2.45, 2.75) is 31.0 Å². The Morgan fingerprint density at radius 3 is 2.42 bits per heavy atom. The third kappa shape index (κ3) is 5.77. The van der Waals surface area contributed by atoms with Crippen LogP contribution in [0.1, 0.15) is 13.2 Å². The first kappa shape index (κ1) is 26.1. The van der Waals surface area contributed by atoms with Crippen molar-refractivity contribution >= 4 is 46.3 Å². The molecule has 1 fully saturated rings. The second-order valence-electron chi connectivity index (χ2n) is 6.94. The van der Waals surface area contributed by atoms with Crippen LogP contribution in [0.4, 0.5) is 16.2 Å². The van der Waals surface area contributed by atoms with Crippen molar-refractivity contribution in [1.82, 2.24) is 14.5 Å². The van der Waals surface area contributed by atoms with Gasteiger partial charge in [-0.3, -0.25) is 4.52 Å². The van der Waals surface area contributed by atoms with Crippen molar-refractivity contribution in [2.24, 2.45) is 0 Å². The van der Waals surface area contributed by atoms with E-state index in [0.717, 1.165) is 11.5 Å². The van der Waals surface area contributed by atoms with Crippen molar-refractivity contribution in [3.8, 4) is 0 Å². The quantitative estimate of drug-likeness (QED) is 0.217. The summed E-state index contributed by atoms with van der Waals surface area (Å²) in [5.41, 5.74) is 8.86. The van der Waals surface area contributed by atoms with E-state index in [0.29, 0.717) is 5.39 Å². The number of hydrogen-bond donors (Lipinski definition) is 7. The lowest BCUT2D eigenvalue weighted by Gasteiger charge is -2.25. The highest BCUT2D eigenvalue weighted by molar-refractivity contribution is 7.66. The number of nitrogens with two attached hydrogens (primary N) is 2. The van der Waals surface area contributed by atoms with Crippen LogP contribution in [0.5, 0.6) is 0 Å². The highest BCUT2D eigenvalue weighted by atomic mass is 31.3.